The quantitative estimate of drug-likeness (QED) is 0.548. The smallest absolute Gasteiger partial charge is 0.354 e. The number of hydrogen-bond acceptors (Lipinski definition) is 5. The van der Waals surface area contributed by atoms with Crippen molar-refractivity contribution in [3.05, 3.63) is 0 Å². The molecule has 0 amide bonds. The fraction of sp³-hybridized carbons (Fsp3) is 0.857. The zero-order valence-corrected chi connectivity index (χ0v) is 12.7. The highest BCUT2D eigenvalue weighted by molar-refractivity contribution is 6.35. The van der Waals surface area contributed by atoms with E-state index in [1.807, 2.05) is 11.9 Å². The van der Waals surface area contributed by atoms with Gasteiger partial charge in [0.2, 0.25) is 0 Å². The van der Waals surface area contributed by atoms with Gasteiger partial charge in [0, 0.05) is 13.7 Å². The zero-order valence-electron chi connectivity index (χ0n) is 12.7. The average molecular weight is 270 g/mol. The summed E-state index contributed by atoms with van der Waals surface area (Å²) in [7, 11) is 1.71. The minimum absolute atomic E-state index is 0.200. The third kappa shape index (κ3) is 4.20. The van der Waals surface area contributed by atoms with Crippen LogP contribution in [0.1, 0.15) is 47.0 Å². The molecule has 0 aromatic heterocycles. The molecule has 1 heterocycles. The maximum absolute atomic E-state index is 11.7. The summed E-state index contributed by atoms with van der Waals surface area (Å²) in [4.78, 5) is 11.7. The summed E-state index contributed by atoms with van der Waals surface area (Å²) in [6.45, 7) is 9.07. The molecule has 5 nitrogen and oxygen atoms in total. The predicted octanol–water partition coefficient (Wildman–Crippen LogP) is 2.20. The fourth-order valence-electron chi connectivity index (χ4n) is 2.25. The Balaban J connectivity index is 2.71. The lowest BCUT2D eigenvalue weighted by Crippen LogP contribution is -2.45. The molecule has 0 N–H and O–H groups in total. The molecule has 0 unspecified atom stereocenters. The average Bonchev–Trinajstić information content (AvgIpc) is 2.84. The van der Waals surface area contributed by atoms with Crippen molar-refractivity contribution in [1.29, 1.82) is 0 Å². The summed E-state index contributed by atoms with van der Waals surface area (Å²) in [5, 5.41) is 6.38. The van der Waals surface area contributed by atoms with Crippen LogP contribution in [0.25, 0.3) is 0 Å². The van der Waals surface area contributed by atoms with E-state index in [4.69, 9.17) is 9.47 Å². The first-order valence-electron chi connectivity index (χ1n) is 6.96. The monoisotopic (exact) mass is 270 g/mol. The molecule has 0 spiro atoms. The van der Waals surface area contributed by atoms with Gasteiger partial charge in [0.25, 0.3) is 0 Å². The van der Waals surface area contributed by atoms with Gasteiger partial charge in [0.1, 0.15) is 5.71 Å². The SMILES string of the molecule is CCCOC(=O)/C(C)=N/N1CCC[C@H]1C(C)(C)OC. The number of ether oxygens (including phenoxy) is 2. The van der Waals surface area contributed by atoms with Crippen LogP contribution in [-0.2, 0) is 14.3 Å². The van der Waals surface area contributed by atoms with E-state index >= 15 is 0 Å². The molecule has 1 atom stereocenters. The Hall–Kier alpha value is -1.10. The van der Waals surface area contributed by atoms with Gasteiger partial charge in [-0.05, 0) is 40.0 Å². The summed E-state index contributed by atoms with van der Waals surface area (Å²) in [6, 6.07) is 0.200. The number of carbonyl (C=O) groups excluding carboxylic acids is 1. The summed E-state index contributed by atoms with van der Waals surface area (Å²) in [6.07, 6.45) is 2.92. The van der Waals surface area contributed by atoms with E-state index in [1.54, 1.807) is 14.0 Å². The molecule has 0 aromatic carbocycles. The Morgan fingerprint density at radius 2 is 2.16 bits per heavy atom. The molecule has 19 heavy (non-hydrogen) atoms. The molecule has 1 rings (SSSR count). The van der Waals surface area contributed by atoms with Crippen molar-refractivity contribution in [2.45, 2.75) is 58.6 Å². The lowest BCUT2D eigenvalue weighted by molar-refractivity contribution is -0.135. The lowest BCUT2D eigenvalue weighted by atomic mass is 9.97. The van der Waals surface area contributed by atoms with Crippen LogP contribution in [0, 0.1) is 0 Å². The molecule has 0 radical (unpaired) electrons. The summed E-state index contributed by atoms with van der Waals surface area (Å²) < 4.78 is 10.6. The van der Waals surface area contributed by atoms with Crippen molar-refractivity contribution < 1.29 is 14.3 Å². The van der Waals surface area contributed by atoms with Gasteiger partial charge in [-0.15, -0.1) is 0 Å². The second-order valence-corrected chi connectivity index (χ2v) is 5.45. The molecule has 1 saturated heterocycles. The summed E-state index contributed by atoms with van der Waals surface area (Å²) in [5.41, 5.74) is 0.139. The van der Waals surface area contributed by atoms with E-state index in [9.17, 15) is 4.79 Å². The highest BCUT2D eigenvalue weighted by Crippen LogP contribution is 2.29. The molecule has 110 valence electrons. The second-order valence-electron chi connectivity index (χ2n) is 5.45. The normalized spacial score (nSPS) is 20.8. The molecule has 0 saturated carbocycles. The van der Waals surface area contributed by atoms with Crippen LogP contribution in [0.5, 0.6) is 0 Å². The van der Waals surface area contributed by atoms with E-state index in [1.165, 1.54) is 0 Å². The maximum atomic E-state index is 11.7. The Morgan fingerprint density at radius 3 is 2.74 bits per heavy atom. The number of hydrazone groups is 1. The molecular formula is C14H26N2O3. The van der Waals surface area contributed by atoms with Gasteiger partial charge in [-0.3, -0.25) is 5.01 Å². The zero-order chi connectivity index (χ0) is 14.5. The van der Waals surface area contributed by atoms with Crippen LogP contribution in [0.4, 0.5) is 0 Å². The molecule has 0 aromatic rings. The van der Waals surface area contributed by atoms with Gasteiger partial charge in [-0.2, -0.15) is 5.10 Å². The van der Waals surface area contributed by atoms with Gasteiger partial charge >= 0.3 is 5.97 Å². The van der Waals surface area contributed by atoms with Crippen LogP contribution in [0.15, 0.2) is 5.10 Å². The van der Waals surface area contributed by atoms with Crippen molar-refractivity contribution in [2.24, 2.45) is 5.10 Å². The number of carbonyl (C=O) groups is 1. The molecule has 5 heteroatoms. The number of esters is 1. The fourth-order valence-corrected chi connectivity index (χ4v) is 2.25. The molecule has 0 aliphatic carbocycles. The minimum atomic E-state index is -0.331. The van der Waals surface area contributed by atoms with E-state index in [2.05, 4.69) is 18.9 Å². The maximum Gasteiger partial charge on any atom is 0.354 e. The van der Waals surface area contributed by atoms with Crippen molar-refractivity contribution in [3.63, 3.8) is 0 Å². The molecular weight excluding hydrogens is 244 g/mol. The highest BCUT2D eigenvalue weighted by Gasteiger charge is 2.37. The first-order chi connectivity index (χ1) is 8.92. The third-order valence-electron chi connectivity index (χ3n) is 3.56. The lowest BCUT2D eigenvalue weighted by Gasteiger charge is -2.35. The Kier molecular flexibility index (Phi) is 5.79. The number of hydrogen-bond donors (Lipinski definition) is 0. The van der Waals surface area contributed by atoms with Gasteiger partial charge in [-0.1, -0.05) is 6.92 Å². The van der Waals surface area contributed by atoms with Crippen LogP contribution in [0.3, 0.4) is 0 Å². The third-order valence-corrected chi connectivity index (χ3v) is 3.56. The molecule has 1 aliphatic heterocycles. The van der Waals surface area contributed by atoms with Gasteiger partial charge in [-0.25, -0.2) is 4.79 Å². The predicted molar refractivity (Wildman–Crippen MR) is 75.2 cm³/mol. The number of methoxy groups -OCH3 is 1. The topological polar surface area (TPSA) is 51.1 Å². The minimum Gasteiger partial charge on any atom is -0.461 e. The standard InChI is InChI=1S/C14H26N2O3/c1-6-10-19-13(17)11(2)15-16-9-7-8-12(16)14(3,4)18-5/h12H,6-10H2,1-5H3/b15-11+/t12-/m0/s1. The molecule has 0 bridgehead atoms. The van der Waals surface area contributed by atoms with E-state index in [0.717, 1.165) is 25.8 Å². The van der Waals surface area contributed by atoms with Crippen molar-refractivity contribution in [2.75, 3.05) is 20.3 Å². The van der Waals surface area contributed by atoms with Crippen molar-refractivity contribution >= 4 is 11.7 Å². The Labute approximate surface area is 115 Å². The molecule has 1 fully saturated rings. The van der Waals surface area contributed by atoms with Crippen LogP contribution in [-0.4, -0.2) is 48.6 Å². The van der Waals surface area contributed by atoms with Crippen molar-refractivity contribution in [1.82, 2.24) is 5.01 Å². The van der Waals surface area contributed by atoms with E-state index < -0.39 is 0 Å². The highest BCUT2D eigenvalue weighted by atomic mass is 16.5. The second kappa shape index (κ2) is 6.89. The van der Waals surface area contributed by atoms with Gasteiger partial charge < -0.3 is 9.47 Å². The first-order valence-corrected chi connectivity index (χ1v) is 6.96. The number of nitrogens with zero attached hydrogens (tertiary/aromatic N) is 2. The van der Waals surface area contributed by atoms with E-state index in [-0.39, 0.29) is 17.6 Å². The van der Waals surface area contributed by atoms with Crippen LogP contribution in [0.2, 0.25) is 0 Å². The number of rotatable bonds is 6. The van der Waals surface area contributed by atoms with Crippen LogP contribution < -0.4 is 0 Å². The van der Waals surface area contributed by atoms with Gasteiger partial charge in [0.05, 0.1) is 18.2 Å². The molecule has 1 aliphatic rings. The summed E-state index contributed by atoms with van der Waals surface area (Å²) in [5.74, 6) is -0.331. The summed E-state index contributed by atoms with van der Waals surface area (Å²) >= 11 is 0. The Morgan fingerprint density at radius 1 is 1.47 bits per heavy atom. The largest absolute Gasteiger partial charge is 0.461 e. The first kappa shape index (κ1) is 16.0. The van der Waals surface area contributed by atoms with Gasteiger partial charge in [0.15, 0.2) is 0 Å². The van der Waals surface area contributed by atoms with Crippen molar-refractivity contribution in [3.8, 4) is 0 Å². The Bertz CT molecular complexity index is 340. The van der Waals surface area contributed by atoms with E-state index in [0.29, 0.717) is 12.3 Å². The van der Waals surface area contributed by atoms with Crippen LogP contribution >= 0.6 is 0 Å².